The smallest absolute Gasteiger partial charge is 0.229 e. The van der Waals surface area contributed by atoms with Crippen molar-refractivity contribution < 1.29 is 4.52 Å². The van der Waals surface area contributed by atoms with Crippen LogP contribution in [-0.2, 0) is 6.54 Å². The van der Waals surface area contributed by atoms with Gasteiger partial charge < -0.3 is 9.84 Å². The van der Waals surface area contributed by atoms with Gasteiger partial charge in [-0.15, -0.1) is 0 Å². The van der Waals surface area contributed by atoms with Crippen LogP contribution in [0.1, 0.15) is 63.1 Å². The van der Waals surface area contributed by atoms with E-state index in [0.29, 0.717) is 12.0 Å². The maximum atomic E-state index is 5.38. The predicted octanol–water partition coefficient (Wildman–Crippen LogP) is 2.05. The van der Waals surface area contributed by atoms with Gasteiger partial charge in [0.25, 0.3) is 0 Å². The third-order valence-electron chi connectivity index (χ3n) is 5.13. The van der Waals surface area contributed by atoms with Crippen LogP contribution in [0, 0.1) is 0 Å². The molecule has 0 spiro atoms. The first kappa shape index (κ1) is 12.8. The molecule has 2 atom stereocenters. The normalized spacial score (nSPS) is 33.0. The highest BCUT2D eigenvalue weighted by molar-refractivity contribution is 5.02. The summed E-state index contributed by atoms with van der Waals surface area (Å²) in [6, 6.07) is 2.15. The second kappa shape index (κ2) is 5.11. The number of nitrogens with zero attached hydrogens (tertiary/aromatic N) is 3. The molecule has 1 aromatic rings. The van der Waals surface area contributed by atoms with Crippen LogP contribution in [-0.4, -0.2) is 39.7 Å². The molecule has 2 aliphatic heterocycles. The lowest BCUT2D eigenvalue weighted by atomic mass is 9.98. The van der Waals surface area contributed by atoms with Crippen molar-refractivity contribution in [1.29, 1.82) is 0 Å². The molecule has 0 aromatic carbocycles. The molecule has 20 heavy (non-hydrogen) atoms. The van der Waals surface area contributed by atoms with Gasteiger partial charge in [0.15, 0.2) is 5.82 Å². The minimum absolute atomic E-state index is 0.557. The van der Waals surface area contributed by atoms with Crippen LogP contribution in [0.3, 0.4) is 0 Å². The van der Waals surface area contributed by atoms with Gasteiger partial charge in [0.2, 0.25) is 5.89 Å². The molecule has 0 amide bonds. The van der Waals surface area contributed by atoms with E-state index in [9.17, 15) is 0 Å². The van der Waals surface area contributed by atoms with E-state index in [1.807, 2.05) is 0 Å². The van der Waals surface area contributed by atoms with E-state index in [0.717, 1.165) is 36.9 Å². The van der Waals surface area contributed by atoms with Crippen molar-refractivity contribution in [3.8, 4) is 0 Å². The van der Waals surface area contributed by atoms with Crippen LogP contribution >= 0.6 is 0 Å². The molecule has 3 heterocycles. The highest BCUT2D eigenvalue weighted by Crippen LogP contribution is 2.39. The van der Waals surface area contributed by atoms with Gasteiger partial charge in [0.1, 0.15) is 0 Å². The van der Waals surface area contributed by atoms with E-state index in [2.05, 4.69) is 27.3 Å². The summed E-state index contributed by atoms with van der Waals surface area (Å²) in [4.78, 5) is 7.11. The number of hydrogen-bond donors (Lipinski definition) is 1. The zero-order valence-electron chi connectivity index (χ0n) is 12.2. The minimum atomic E-state index is 0.557. The summed E-state index contributed by atoms with van der Waals surface area (Å²) in [5.41, 5.74) is 0. The van der Waals surface area contributed by atoms with Gasteiger partial charge in [-0.05, 0) is 45.1 Å². The minimum Gasteiger partial charge on any atom is -0.339 e. The Morgan fingerprint density at radius 1 is 1.20 bits per heavy atom. The Morgan fingerprint density at radius 2 is 1.95 bits per heavy atom. The van der Waals surface area contributed by atoms with E-state index < -0.39 is 0 Å². The molecule has 2 saturated heterocycles. The largest absolute Gasteiger partial charge is 0.339 e. The first-order valence-corrected chi connectivity index (χ1v) is 8.14. The summed E-state index contributed by atoms with van der Waals surface area (Å²) in [5, 5.41) is 7.88. The SMILES string of the molecule is CCN(Cc1noc(C2CC2)n1)C1CC2CCC(C1)N2. The van der Waals surface area contributed by atoms with Gasteiger partial charge in [-0.1, -0.05) is 12.1 Å². The Morgan fingerprint density at radius 3 is 2.60 bits per heavy atom. The summed E-state index contributed by atoms with van der Waals surface area (Å²) >= 11 is 0. The predicted molar refractivity (Wildman–Crippen MR) is 75.3 cm³/mol. The zero-order valence-corrected chi connectivity index (χ0v) is 12.2. The maximum absolute atomic E-state index is 5.38. The Labute approximate surface area is 120 Å². The second-order valence-corrected chi connectivity index (χ2v) is 6.65. The molecule has 5 heteroatoms. The number of nitrogens with one attached hydrogen (secondary N) is 1. The molecule has 1 aliphatic carbocycles. The number of fused-ring (bicyclic) bond motifs is 2. The first-order chi connectivity index (χ1) is 9.81. The van der Waals surface area contributed by atoms with E-state index >= 15 is 0 Å². The summed E-state index contributed by atoms with van der Waals surface area (Å²) < 4.78 is 5.38. The van der Waals surface area contributed by atoms with Crippen molar-refractivity contribution in [2.24, 2.45) is 0 Å². The van der Waals surface area contributed by atoms with Gasteiger partial charge in [-0.3, -0.25) is 4.90 Å². The monoisotopic (exact) mass is 276 g/mol. The van der Waals surface area contributed by atoms with Crippen molar-refractivity contribution in [2.75, 3.05) is 6.54 Å². The number of piperidine rings is 1. The van der Waals surface area contributed by atoms with Gasteiger partial charge in [-0.2, -0.15) is 4.98 Å². The Hall–Kier alpha value is -0.940. The molecule has 5 nitrogen and oxygen atoms in total. The Bertz CT molecular complexity index is 458. The molecule has 1 aromatic heterocycles. The summed E-state index contributed by atoms with van der Waals surface area (Å²) in [6.07, 6.45) is 7.70. The average Bonchev–Trinajstić information content (AvgIpc) is 3.13. The standard InChI is InChI=1S/C15H24N4O/c1-2-19(13-7-11-5-6-12(8-13)16-11)9-14-17-15(20-18-14)10-3-4-10/h10-13,16H,2-9H2,1H3. The van der Waals surface area contributed by atoms with Gasteiger partial charge in [0, 0.05) is 24.0 Å². The van der Waals surface area contributed by atoms with Crippen molar-refractivity contribution in [1.82, 2.24) is 20.4 Å². The van der Waals surface area contributed by atoms with Crippen LogP contribution in [0.2, 0.25) is 0 Å². The van der Waals surface area contributed by atoms with E-state index in [-0.39, 0.29) is 0 Å². The van der Waals surface area contributed by atoms with Crippen molar-refractivity contribution >= 4 is 0 Å². The average molecular weight is 276 g/mol. The summed E-state index contributed by atoms with van der Waals surface area (Å²) in [7, 11) is 0. The van der Waals surface area contributed by atoms with Crippen LogP contribution in [0.25, 0.3) is 0 Å². The topological polar surface area (TPSA) is 54.2 Å². The Kier molecular flexibility index (Phi) is 3.27. The number of hydrogen-bond acceptors (Lipinski definition) is 5. The van der Waals surface area contributed by atoms with Gasteiger partial charge in [0.05, 0.1) is 6.54 Å². The number of aromatic nitrogens is 2. The maximum Gasteiger partial charge on any atom is 0.229 e. The quantitative estimate of drug-likeness (QED) is 0.892. The van der Waals surface area contributed by atoms with E-state index in [4.69, 9.17) is 4.52 Å². The molecule has 3 fully saturated rings. The van der Waals surface area contributed by atoms with Crippen molar-refractivity contribution in [3.05, 3.63) is 11.7 Å². The molecule has 2 unspecified atom stereocenters. The molecule has 1 N–H and O–H groups in total. The van der Waals surface area contributed by atoms with Gasteiger partial charge >= 0.3 is 0 Å². The lowest BCUT2D eigenvalue weighted by molar-refractivity contribution is 0.136. The van der Waals surface area contributed by atoms with Crippen molar-refractivity contribution in [3.63, 3.8) is 0 Å². The Balaban J connectivity index is 1.41. The third-order valence-corrected chi connectivity index (χ3v) is 5.13. The molecule has 4 rings (SSSR count). The fraction of sp³-hybridized carbons (Fsp3) is 0.867. The fourth-order valence-corrected chi connectivity index (χ4v) is 3.83. The number of rotatable bonds is 5. The van der Waals surface area contributed by atoms with Gasteiger partial charge in [-0.25, -0.2) is 0 Å². The zero-order chi connectivity index (χ0) is 13.5. The van der Waals surface area contributed by atoms with Crippen LogP contribution in [0.15, 0.2) is 4.52 Å². The fourth-order valence-electron chi connectivity index (χ4n) is 3.83. The van der Waals surface area contributed by atoms with Crippen LogP contribution < -0.4 is 5.32 Å². The molecular weight excluding hydrogens is 252 g/mol. The third kappa shape index (κ3) is 2.49. The molecule has 3 aliphatic rings. The lowest BCUT2D eigenvalue weighted by Crippen LogP contribution is -2.48. The molecular formula is C15H24N4O. The summed E-state index contributed by atoms with van der Waals surface area (Å²) in [5.74, 6) is 2.29. The van der Waals surface area contributed by atoms with Crippen molar-refractivity contribution in [2.45, 2.75) is 76.0 Å². The highest BCUT2D eigenvalue weighted by atomic mass is 16.5. The summed E-state index contributed by atoms with van der Waals surface area (Å²) in [6.45, 7) is 4.15. The first-order valence-electron chi connectivity index (χ1n) is 8.14. The highest BCUT2D eigenvalue weighted by Gasteiger charge is 2.36. The molecule has 0 radical (unpaired) electrons. The molecule has 1 saturated carbocycles. The lowest BCUT2D eigenvalue weighted by Gasteiger charge is -2.36. The van der Waals surface area contributed by atoms with E-state index in [1.165, 1.54) is 38.5 Å². The second-order valence-electron chi connectivity index (χ2n) is 6.65. The van der Waals surface area contributed by atoms with Crippen LogP contribution in [0.5, 0.6) is 0 Å². The van der Waals surface area contributed by atoms with Crippen LogP contribution in [0.4, 0.5) is 0 Å². The molecule has 2 bridgehead atoms. The molecule has 110 valence electrons. The van der Waals surface area contributed by atoms with E-state index in [1.54, 1.807) is 0 Å².